The third-order valence-electron chi connectivity index (χ3n) is 3.39. The van der Waals surface area contributed by atoms with E-state index in [0.717, 1.165) is 0 Å². The fraction of sp³-hybridized carbons (Fsp3) is 0.167. The topological polar surface area (TPSA) is 101 Å². The standard InChI is InChI=1S/C10H8Cl2O4.C8H5BrCl2O2/c1-16-10(15)5-2-3-7(11)6(9(5)12)4-8(13)14;9-5-1-2-6(10)4(8(5)11)3-7(12)13/h2-3H,4H2,1H3,(H,13,14);1-2H,3H2,(H,12,13). The number of carbonyl (C=O) groups is 3. The maximum atomic E-state index is 11.3. The molecule has 0 amide bonds. The van der Waals surface area contributed by atoms with Crippen LogP contribution in [-0.4, -0.2) is 35.2 Å². The highest BCUT2D eigenvalue weighted by molar-refractivity contribution is 9.10. The minimum atomic E-state index is -1.08. The van der Waals surface area contributed by atoms with Crippen molar-refractivity contribution in [1.29, 1.82) is 0 Å². The first-order valence-corrected chi connectivity index (χ1v) is 9.91. The first-order chi connectivity index (χ1) is 13.5. The van der Waals surface area contributed by atoms with E-state index in [1.165, 1.54) is 19.2 Å². The molecule has 2 N–H and O–H groups in total. The van der Waals surface area contributed by atoms with Gasteiger partial charge in [-0.25, -0.2) is 4.79 Å². The van der Waals surface area contributed by atoms with Gasteiger partial charge in [-0.05, 0) is 40.2 Å². The lowest BCUT2D eigenvalue weighted by atomic mass is 10.1. The summed E-state index contributed by atoms with van der Waals surface area (Å²) >= 11 is 26.5. The van der Waals surface area contributed by atoms with Crippen molar-refractivity contribution in [1.82, 2.24) is 0 Å². The second-order valence-corrected chi connectivity index (χ2v) is 7.77. The number of hydrogen-bond donors (Lipinski definition) is 2. The van der Waals surface area contributed by atoms with Crippen molar-refractivity contribution in [3.8, 4) is 0 Å². The smallest absolute Gasteiger partial charge is 0.339 e. The zero-order chi connectivity index (χ0) is 22.3. The molecule has 2 aromatic carbocycles. The number of aliphatic carboxylic acids is 2. The van der Waals surface area contributed by atoms with Gasteiger partial charge >= 0.3 is 17.9 Å². The molecule has 0 fully saturated rings. The first-order valence-electron chi connectivity index (χ1n) is 7.60. The Labute approximate surface area is 194 Å². The summed E-state index contributed by atoms with van der Waals surface area (Å²) in [5, 5.41) is 18.2. The fourth-order valence-corrected chi connectivity index (χ4v) is 3.52. The van der Waals surface area contributed by atoms with Crippen molar-refractivity contribution in [3.05, 3.63) is 65.5 Å². The van der Waals surface area contributed by atoms with E-state index >= 15 is 0 Å². The molecule has 0 heterocycles. The highest BCUT2D eigenvalue weighted by Gasteiger charge is 2.18. The number of methoxy groups -OCH3 is 1. The van der Waals surface area contributed by atoms with Crippen molar-refractivity contribution in [2.75, 3.05) is 7.11 Å². The summed E-state index contributed by atoms with van der Waals surface area (Å²) < 4.78 is 5.15. The van der Waals surface area contributed by atoms with Crippen LogP contribution in [0.3, 0.4) is 0 Å². The average molecular weight is 547 g/mol. The van der Waals surface area contributed by atoms with Gasteiger partial charge in [-0.2, -0.15) is 0 Å². The van der Waals surface area contributed by atoms with E-state index in [4.69, 9.17) is 56.6 Å². The van der Waals surface area contributed by atoms with Crippen LogP contribution in [0.2, 0.25) is 20.1 Å². The van der Waals surface area contributed by atoms with Gasteiger partial charge in [0.25, 0.3) is 0 Å². The molecule has 0 aromatic heterocycles. The lowest BCUT2D eigenvalue weighted by Gasteiger charge is -2.08. The number of ether oxygens (including phenoxy) is 1. The Morgan fingerprint density at radius 1 is 0.862 bits per heavy atom. The number of carbonyl (C=O) groups excluding carboxylic acids is 1. The van der Waals surface area contributed by atoms with E-state index in [0.29, 0.717) is 20.1 Å². The molecule has 0 saturated carbocycles. The second-order valence-electron chi connectivity index (χ2n) is 5.34. The summed E-state index contributed by atoms with van der Waals surface area (Å²) in [6.07, 6.45) is -0.514. The molecule has 0 aliphatic rings. The van der Waals surface area contributed by atoms with Crippen LogP contribution in [0, 0.1) is 0 Å². The van der Waals surface area contributed by atoms with Gasteiger partial charge < -0.3 is 14.9 Å². The summed E-state index contributed by atoms with van der Waals surface area (Å²) in [5.41, 5.74) is 0.744. The van der Waals surface area contributed by atoms with Crippen LogP contribution in [0.15, 0.2) is 28.7 Å². The molecular formula is C18H13BrCl4O6. The Kier molecular flexibility index (Phi) is 10.2. The maximum Gasteiger partial charge on any atom is 0.339 e. The van der Waals surface area contributed by atoms with Crippen LogP contribution in [-0.2, 0) is 27.2 Å². The van der Waals surface area contributed by atoms with Gasteiger partial charge in [-0.3, -0.25) is 9.59 Å². The molecule has 2 rings (SSSR count). The van der Waals surface area contributed by atoms with E-state index in [2.05, 4.69) is 20.7 Å². The number of esters is 1. The van der Waals surface area contributed by atoms with Crippen molar-refractivity contribution in [2.24, 2.45) is 0 Å². The zero-order valence-electron chi connectivity index (χ0n) is 14.6. The molecule has 0 saturated heterocycles. The highest BCUT2D eigenvalue weighted by atomic mass is 79.9. The van der Waals surface area contributed by atoms with Crippen molar-refractivity contribution in [2.45, 2.75) is 12.8 Å². The number of benzene rings is 2. The quantitative estimate of drug-likeness (QED) is 0.363. The zero-order valence-corrected chi connectivity index (χ0v) is 19.3. The molecule has 0 aliphatic heterocycles. The van der Waals surface area contributed by atoms with Crippen LogP contribution in [0.5, 0.6) is 0 Å². The molecule has 11 heteroatoms. The number of hydrogen-bond acceptors (Lipinski definition) is 4. The van der Waals surface area contributed by atoms with E-state index in [1.54, 1.807) is 12.1 Å². The molecule has 0 spiro atoms. The average Bonchev–Trinajstić information content (AvgIpc) is 2.65. The number of halogens is 5. The maximum absolute atomic E-state index is 11.3. The summed E-state index contributed by atoms with van der Waals surface area (Å²) in [7, 11) is 1.21. The molecule has 0 aliphatic carbocycles. The Morgan fingerprint density at radius 2 is 1.31 bits per heavy atom. The molecule has 6 nitrogen and oxygen atoms in total. The number of carboxylic acids is 2. The van der Waals surface area contributed by atoms with Gasteiger partial charge in [0.05, 0.1) is 35.6 Å². The van der Waals surface area contributed by atoms with Crippen LogP contribution in [0.1, 0.15) is 21.5 Å². The summed E-state index contributed by atoms with van der Waals surface area (Å²) in [4.78, 5) is 32.3. The third-order valence-corrected chi connectivity index (χ3v) is 5.85. The third kappa shape index (κ3) is 7.35. The second kappa shape index (κ2) is 11.6. The molecule has 29 heavy (non-hydrogen) atoms. The lowest BCUT2D eigenvalue weighted by molar-refractivity contribution is -0.137. The number of carboxylic acid groups (broad SMARTS) is 2. The largest absolute Gasteiger partial charge is 0.481 e. The Balaban J connectivity index is 0.000000296. The fourth-order valence-electron chi connectivity index (χ4n) is 2.06. The monoisotopic (exact) mass is 544 g/mol. The van der Waals surface area contributed by atoms with Crippen molar-refractivity contribution < 1.29 is 29.3 Å². The predicted molar refractivity (Wildman–Crippen MR) is 115 cm³/mol. The van der Waals surface area contributed by atoms with Gasteiger partial charge in [0, 0.05) is 25.6 Å². The summed E-state index contributed by atoms with van der Waals surface area (Å²) in [5.74, 6) is -2.67. The molecule has 2 aromatic rings. The van der Waals surface area contributed by atoms with Gasteiger partial charge in [0.2, 0.25) is 0 Å². The molecule has 0 bridgehead atoms. The molecule has 0 atom stereocenters. The van der Waals surface area contributed by atoms with Gasteiger partial charge in [-0.15, -0.1) is 0 Å². The van der Waals surface area contributed by atoms with E-state index in [1.807, 2.05) is 0 Å². The highest BCUT2D eigenvalue weighted by Crippen LogP contribution is 2.32. The Morgan fingerprint density at radius 3 is 1.76 bits per heavy atom. The predicted octanol–water partition coefficient (Wildman–Crippen LogP) is 5.79. The minimum Gasteiger partial charge on any atom is -0.481 e. The number of rotatable bonds is 5. The molecule has 0 unspecified atom stereocenters. The first kappa shape index (κ1) is 25.5. The molecule has 156 valence electrons. The van der Waals surface area contributed by atoms with E-state index in [-0.39, 0.29) is 34.0 Å². The van der Waals surface area contributed by atoms with Gasteiger partial charge in [-0.1, -0.05) is 46.4 Å². The van der Waals surface area contributed by atoms with E-state index in [9.17, 15) is 14.4 Å². The SMILES string of the molecule is COC(=O)c1ccc(Cl)c(CC(=O)O)c1Cl.O=C(O)Cc1c(Cl)ccc(Br)c1Cl. The van der Waals surface area contributed by atoms with Crippen LogP contribution in [0.25, 0.3) is 0 Å². The Hall–Kier alpha value is -1.51. The summed E-state index contributed by atoms with van der Waals surface area (Å²) in [6.45, 7) is 0. The van der Waals surface area contributed by atoms with Crippen LogP contribution in [0.4, 0.5) is 0 Å². The molecule has 0 radical (unpaired) electrons. The minimum absolute atomic E-state index is 0.0155. The van der Waals surface area contributed by atoms with Crippen LogP contribution < -0.4 is 0 Å². The lowest BCUT2D eigenvalue weighted by Crippen LogP contribution is -2.07. The van der Waals surface area contributed by atoms with Gasteiger partial charge in [0.1, 0.15) is 0 Å². The van der Waals surface area contributed by atoms with Crippen molar-refractivity contribution in [3.63, 3.8) is 0 Å². The van der Waals surface area contributed by atoms with Gasteiger partial charge in [0.15, 0.2) is 0 Å². The Bertz CT molecular complexity index is 948. The van der Waals surface area contributed by atoms with Crippen molar-refractivity contribution >= 4 is 80.2 Å². The normalized spacial score (nSPS) is 10.0. The van der Waals surface area contributed by atoms with Crippen LogP contribution >= 0.6 is 62.3 Å². The summed E-state index contributed by atoms with van der Waals surface area (Å²) in [6, 6.07) is 6.09. The van der Waals surface area contributed by atoms with E-state index < -0.39 is 17.9 Å². The molecular weight excluding hydrogens is 534 g/mol.